The minimum absolute atomic E-state index is 0.157. The molecule has 0 spiro atoms. The van der Waals surface area contributed by atoms with Gasteiger partial charge in [0.25, 0.3) is 0 Å². The Morgan fingerprint density at radius 1 is 1.19 bits per heavy atom. The first-order valence-electron chi connectivity index (χ1n) is 7.23. The molecule has 0 unspecified atom stereocenters. The standard InChI is InChI=1S/C15H25NO4S/c1-4-16-12-13-7-8-14(15(11-13)19-3)20-9-6-10-21(17,18)5-2/h7-8,11,16H,4-6,9-10,12H2,1-3H3. The van der Waals surface area contributed by atoms with Crippen LogP contribution in [0.1, 0.15) is 25.8 Å². The number of nitrogens with one attached hydrogen (secondary N) is 1. The van der Waals surface area contributed by atoms with Crippen molar-refractivity contribution in [2.24, 2.45) is 0 Å². The molecule has 0 saturated carbocycles. The Labute approximate surface area is 127 Å². The number of methoxy groups -OCH3 is 1. The van der Waals surface area contributed by atoms with Gasteiger partial charge in [-0.15, -0.1) is 0 Å². The van der Waals surface area contributed by atoms with Crippen LogP contribution in [0.4, 0.5) is 0 Å². The second kappa shape index (κ2) is 8.89. The van der Waals surface area contributed by atoms with Crippen LogP contribution in [0, 0.1) is 0 Å². The Bertz CT molecular complexity index is 528. The molecule has 0 bridgehead atoms. The minimum atomic E-state index is -2.93. The lowest BCUT2D eigenvalue weighted by Gasteiger charge is -2.12. The SMILES string of the molecule is CCNCc1ccc(OCCCS(=O)(=O)CC)c(OC)c1. The van der Waals surface area contributed by atoms with E-state index in [9.17, 15) is 8.42 Å². The van der Waals surface area contributed by atoms with Crippen molar-refractivity contribution in [3.63, 3.8) is 0 Å². The zero-order valence-electron chi connectivity index (χ0n) is 13.0. The summed E-state index contributed by atoms with van der Waals surface area (Å²) in [6.07, 6.45) is 0.485. The molecule has 1 N–H and O–H groups in total. The Morgan fingerprint density at radius 3 is 2.57 bits per heavy atom. The Kier molecular flexibility index (Phi) is 7.53. The highest BCUT2D eigenvalue weighted by Gasteiger charge is 2.09. The molecule has 5 nitrogen and oxygen atoms in total. The molecule has 0 heterocycles. The van der Waals surface area contributed by atoms with E-state index in [-0.39, 0.29) is 11.5 Å². The molecule has 6 heteroatoms. The maximum absolute atomic E-state index is 11.4. The van der Waals surface area contributed by atoms with E-state index >= 15 is 0 Å². The third-order valence-electron chi connectivity index (χ3n) is 3.10. The fraction of sp³-hybridized carbons (Fsp3) is 0.600. The summed E-state index contributed by atoms with van der Waals surface area (Å²) in [7, 11) is -1.33. The molecule has 120 valence electrons. The maximum Gasteiger partial charge on any atom is 0.161 e. The molecular weight excluding hydrogens is 290 g/mol. The number of hydrogen-bond donors (Lipinski definition) is 1. The largest absolute Gasteiger partial charge is 0.493 e. The summed E-state index contributed by atoms with van der Waals surface area (Å²) in [5.74, 6) is 1.65. The number of sulfone groups is 1. The first kappa shape index (κ1) is 17.8. The van der Waals surface area contributed by atoms with Crippen LogP contribution >= 0.6 is 0 Å². The fourth-order valence-corrected chi connectivity index (χ4v) is 2.66. The maximum atomic E-state index is 11.4. The van der Waals surface area contributed by atoms with Gasteiger partial charge < -0.3 is 14.8 Å². The summed E-state index contributed by atoms with van der Waals surface area (Å²) < 4.78 is 33.7. The number of benzene rings is 1. The average molecular weight is 315 g/mol. The van der Waals surface area contributed by atoms with Crippen LogP contribution in [0.5, 0.6) is 11.5 Å². The molecule has 0 saturated heterocycles. The lowest BCUT2D eigenvalue weighted by atomic mass is 10.2. The first-order valence-corrected chi connectivity index (χ1v) is 9.05. The van der Waals surface area contributed by atoms with Crippen LogP contribution in [0.15, 0.2) is 18.2 Å². The molecular formula is C15H25NO4S. The monoisotopic (exact) mass is 315 g/mol. The highest BCUT2D eigenvalue weighted by atomic mass is 32.2. The molecule has 0 amide bonds. The second-order valence-corrected chi connectivity index (χ2v) is 7.18. The summed E-state index contributed by atoms with van der Waals surface area (Å²) in [4.78, 5) is 0. The Morgan fingerprint density at radius 2 is 1.95 bits per heavy atom. The van der Waals surface area contributed by atoms with Crippen molar-refractivity contribution in [1.29, 1.82) is 0 Å². The molecule has 0 aliphatic carbocycles. The number of hydrogen-bond acceptors (Lipinski definition) is 5. The van der Waals surface area contributed by atoms with Gasteiger partial charge >= 0.3 is 0 Å². The predicted octanol–water partition coefficient (Wildman–Crippen LogP) is 2.01. The molecule has 0 radical (unpaired) electrons. The smallest absolute Gasteiger partial charge is 0.161 e. The van der Waals surface area contributed by atoms with Crippen LogP contribution in [-0.4, -0.2) is 40.2 Å². The van der Waals surface area contributed by atoms with E-state index in [1.165, 1.54) is 0 Å². The fourth-order valence-electron chi connectivity index (χ4n) is 1.82. The normalized spacial score (nSPS) is 11.4. The van der Waals surface area contributed by atoms with Gasteiger partial charge in [0, 0.05) is 12.3 Å². The molecule has 0 aliphatic rings. The molecule has 0 aliphatic heterocycles. The van der Waals surface area contributed by atoms with Gasteiger partial charge in [-0.05, 0) is 30.7 Å². The quantitative estimate of drug-likeness (QED) is 0.669. The highest BCUT2D eigenvalue weighted by Crippen LogP contribution is 2.28. The lowest BCUT2D eigenvalue weighted by Crippen LogP contribution is -2.13. The van der Waals surface area contributed by atoms with Crippen molar-refractivity contribution in [2.45, 2.75) is 26.8 Å². The van der Waals surface area contributed by atoms with Crippen molar-refractivity contribution in [3.8, 4) is 11.5 Å². The van der Waals surface area contributed by atoms with Crippen LogP contribution in [-0.2, 0) is 16.4 Å². The summed E-state index contributed by atoms with van der Waals surface area (Å²) in [5, 5.41) is 3.25. The topological polar surface area (TPSA) is 64.6 Å². The summed E-state index contributed by atoms with van der Waals surface area (Å²) in [5.41, 5.74) is 1.12. The molecule has 21 heavy (non-hydrogen) atoms. The Hall–Kier alpha value is -1.27. The van der Waals surface area contributed by atoms with E-state index in [0.717, 1.165) is 18.7 Å². The zero-order chi connectivity index (χ0) is 15.7. The van der Waals surface area contributed by atoms with Crippen LogP contribution in [0.25, 0.3) is 0 Å². The van der Waals surface area contributed by atoms with E-state index in [4.69, 9.17) is 9.47 Å². The van der Waals surface area contributed by atoms with Crippen molar-refractivity contribution in [3.05, 3.63) is 23.8 Å². The number of ether oxygens (including phenoxy) is 2. The van der Waals surface area contributed by atoms with Crippen molar-refractivity contribution in [1.82, 2.24) is 5.32 Å². The zero-order valence-corrected chi connectivity index (χ0v) is 13.8. The summed E-state index contributed by atoms with van der Waals surface area (Å²) in [6, 6.07) is 5.77. The van der Waals surface area contributed by atoms with E-state index in [2.05, 4.69) is 12.2 Å². The van der Waals surface area contributed by atoms with Gasteiger partial charge in [-0.3, -0.25) is 0 Å². The van der Waals surface area contributed by atoms with E-state index < -0.39 is 9.84 Å². The molecule has 0 fully saturated rings. The Balaban J connectivity index is 2.54. The van der Waals surface area contributed by atoms with Crippen molar-refractivity contribution < 1.29 is 17.9 Å². The van der Waals surface area contributed by atoms with Crippen molar-refractivity contribution in [2.75, 3.05) is 31.8 Å². The van der Waals surface area contributed by atoms with Crippen molar-refractivity contribution >= 4 is 9.84 Å². The van der Waals surface area contributed by atoms with Gasteiger partial charge in [0.05, 0.1) is 19.5 Å². The molecule has 0 atom stereocenters. The van der Waals surface area contributed by atoms with E-state index in [1.807, 2.05) is 18.2 Å². The first-order chi connectivity index (χ1) is 10.0. The number of rotatable bonds is 10. The van der Waals surface area contributed by atoms with Crippen LogP contribution in [0.3, 0.4) is 0 Å². The summed E-state index contributed by atoms with van der Waals surface area (Å²) in [6.45, 7) is 5.76. The van der Waals surface area contributed by atoms with Crippen LogP contribution < -0.4 is 14.8 Å². The molecule has 0 aromatic heterocycles. The van der Waals surface area contributed by atoms with Gasteiger partial charge in [-0.25, -0.2) is 8.42 Å². The van der Waals surface area contributed by atoms with E-state index in [1.54, 1.807) is 14.0 Å². The molecule has 1 aromatic carbocycles. The van der Waals surface area contributed by atoms with Crippen LogP contribution in [0.2, 0.25) is 0 Å². The third-order valence-corrected chi connectivity index (χ3v) is 4.89. The predicted molar refractivity (Wildman–Crippen MR) is 84.8 cm³/mol. The summed E-state index contributed by atoms with van der Waals surface area (Å²) >= 11 is 0. The lowest BCUT2D eigenvalue weighted by molar-refractivity contribution is 0.294. The molecule has 1 rings (SSSR count). The molecule has 1 aromatic rings. The van der Waals surface area contributed by atoms with Gasteiger partial charge in [0.15, 0.2) is 11.5 Å². The van der Waals surface area contributed by atoms with Gasteiger partial charge in [-0.1, -0.05) is 19.9 Å². The van der Waals surface area contributed by atoms with E-state index in [0.29, 0.717) is 24.5 Å². The highest BCUT2D eigenvalue weighted by molar-refractivity contribution is 7.91. The minimum Gasteiger partial charge on any atom is -0.493 e. The second-order valence-electron chi connectivity index (χ2n) is 4.70. The van der Waals surface area contributed by atoms with Gasteiger partial charge in [-0.2, -0.15) is 0 Å². The third kappa shape index (κ3) is 6.35. The average Bonchev–Trinajstić information content (AvgIpc) is 2.50. The van der Waals surface area contributed by atoms with Gasteiger partial charge in [0.2, 0.25) is 0 Å². The van der Waals surface area contributed by atoms with Gasteiger partial charge in [0.1, 0.15) is 9.84 Å².